The summed E-state index contributed by atoms with van der Waals surface area (Å²) in [5, 5.41) is 3.50. The monoisotopic (exact) mass is 457 g/mol. The minimum atomic E-state index is -0.285. The van der Waals surface area contributed by atoms with Crippen LogP contribution in [0.2, 0.25) is 10.0 Å². The van der Waals surface area contributed by atoms with Gasteiger partial charge in [0, 0.05) is 10.0 Å². The maximum atomic E-state index is 12.5. The number of anilines is 1. The fourth-order valence-electron chi connectivity index (χ4n) is 2.47. The smallest absolute Gasteiger partial charge is 0.255 e. The van der Waals surface area contributed by atoms with Gasteiger partial charge in [0.25, 0.3) is 5.91 Å². The molecule has 0 aliphatic heterocycles. The van der Waals surface area contributed by atoms with E-state index in [1.807, 2.05) is 18.2 Å². The predicted octanol–water partition coefficient (Wildman–Crippen LogP) is 7.36. The molecule has 0 aliphatic carbocycles. The molecule has 2 rings (SSSR count). The molecule has 0 saturated carbocycles. The number of hydrogen-bond acceptors (Lipinski definition) is 2. The summed E-state index contributed by atoms with van der Waals surface area (Å²) >= 11 is 16.0. The van der Waals surface area contributed by atoms with Crippen molar-refractivity contribution in [3.63, 3.8) is 0 Å². The summed E-state index contributed by atoms with van der Waals surface area (Å²) in [6.45, 7) is 2.75. The van der Waals surface area contributed by atoms with Gasteiger partial charge >= 0.3 is 0 Å². The lowest BCUT2D eigenvalue weighted by molar-refractivity contribution is 0.102. The van der Waals surface area contributed by atoms with Gasteiger partial charge in [0.1, 0.15) is 0 Å². The van der Waals surface area contributed by atoms with E-state index >= 15 is 0 Å². The second-order valence-electron chi connectivity index (χ2n) is 5.97. The van der Waals surface area contributed by atoms with Gasteiger partial charge in [-0.2, -0.15) is 0 Å². The molecule has 0 unspecified atom stereocenters. The van der Waals surface area contributed by atoms with Gasteiger partial charge < -0.3 is 10.1 Å². The Bertz CT molecular complexity index is 729. The molecule has 0 atom stereocenters. The van der Waals surface area contributed by atoms with Crippen molar-refractivity contribution in [1.82, 2.24) is 0 Å². The number of unbranched alkanes of at least 4 members (excludes halogenated alkanes) is 4. The van der Waals surface area contributed by atoms with Crippen molar-refractivity contribution in [3.05, 3.63) is 56.5 Å². The van der Waals surface area contributed by atoms with Crippen LogP contribution in [0.3, 0.4) is 0 Å². The summed E-state index contributed by atoms with van der Waals surface area (Å²) in [5.74, 6) is 0.146. The maximum Gasteiger partial charge on any atom is 0.255 e. The minimum Gasteiger partial charge on any atom is -0.490 e. The van der Waals surface area contributed by atoms with E-state index in [-0.39, 0.29) is 5.91 Å². The molecular formula is C20H22BrCl2NO2. The summed E-state index contributed by atoms with van der Waals surface area (Å²) in [5.41, 5.74) is 1.06. The molecular weight excluding hydrogens is 437 g/mol. The van der Waals surface area contributed by atoms with Crippen LogP contribution in [0.25, 0.3) is 0 Å². The SMILES string of the molecule is CCCCCCCOc1c(Cl)cc(C(=O)Nc2ccccc2Br)cc1Cl. The first kappa shape index (κ1) is 21.1. The third-order valence-corrected chi connectivity index (χ3v) is 5.13. The first-order chi connectivity index (χ1) is 12.5. The van der Waals surface area contributed by atoms with Crippen molar-refractivity contribution in [2.24, 2.45) is 0 Å². The molecule has 0 saturated heterocycles. The van der Waals surface area contributed by atoms with Gasteiger partial charge in [0.15, 0.2) is 5.75 Å². The van der Waals surface area contributed by atoms with Crippen molar-refractivity contribution in [1.29, 1.82) is 0 Å². The van der Waals surface area contributed by atoms with Gasteiger partial charge in [-0.25, -0.2) is 0 Å². The number of rotatable bonds is 9. The number of amides is 1. The molecule has 2 aromatic rings. The molecule has 0 bridgehead atoms. The Morgan fingerprint density at radius 2 is 1.73 bits per heavy atom. The average molecular weight is 459 g/mol. The van der Waals surface area contributed by atoms with Crippen LogP contribution in [0.4, 0.5) is 5.69 Å². The molecule has 0 heterocycles. The predicted molar refractivity (Wildman–Crippen MR) is 113 cm³/mol. The normalized spacial score (nSPS) is 10.6. The number of carbonyl (C=O) groups excluding carboxylic acids is 1. The highest BCUT2D eigenvalue weighted by Crippen LogP contribution is 2.35. The standard InChI is InChI=1S/C20H22BrCl2NO2/c1-2-3-4-5-8-11-26-19-16(22)12-14(13-17(19)23)20(25)24-18-10-7-6-9-15(18)21/h6-7,9-10,12-13H,2-5,8,11H2,1H3,(H,24,25). The Kier molecular flexibility index (Phi) is 8.76. The fraction of sp³-hybridized carbons (Fsp3) is 0.350. The van der Waals surface area contributed by atoms with E-state index in [2.05, 4.69) is 28.2 Å². The molecule has 1 amide bonds. The fourth-order valence-corrected chi connectivity index (χ4v) is 3.45. The molecule has 2 aromatic carbocycles. The third-order valence-electron chi connectivity index (χ3n) is 3.88. The first-order valence-electron chi connectivity index (χ1n) is 8.70. The second-order valence-corrected chi connectivity index (χ2v) is 7.63. The molecule has 6 heteroatoms. The number of hydrogen-bond donors (Lipinski definition) is 1. The van der Waals surface area contributed by atoms with Crippen LogP contribution in [0, 0.1) is 0 Å². The maximum absolute atomic E-state index is 12.5. The first-order valence-corrected chi connectivity index (χ1v) is 10.3. The summed E-state index contributed by atoms with van der Waals surface area (Å²) in [6.07, 6.45) is 5.73. The highest BCUT2D eigenvalue weighted by Gasteiger charge is 2.15. The molecule has 0 fully saturated rings. The van der Waals surface area contributed by atoms with Gasteiger partial charge in [-0.05, 0) is 46.6 Å². The minimum absolute atomic E-state index is 0.285. The van der Waals surface area contributed by atoms with E-state index in [9.17, 15) is 4.79 Å². The van der Waals surface area contributed by atoms with Crippen molar-refractivity contribution >= 4 is 50.7 Å². The molecule has 0 aromatic heterocycles. The zero-order chi connectivity index (χ0) is 18.9. The van der Waals surface area contributed by atoms with Crippen LogP contribution in [-0.2, 0) is 0 Å². The van der Waals surface area contributed by atoms with Crippen LogP contribution in [0.5, 0.6) is 5.75 Å². The molecule has 0 spiro atoms. The third kappa shape index (κ3) is 6.19. The molecule has 3 nitrogen and oxygen atoms in total. The number of nitrogens with one attached hydrogen (secondary N) is 1. The van der Waals surface area contributed by atoms with Gasteiger partial charge in [0.2, 0.25) is 0 Å². The zero-order valence-electron chi connectivity index (χ0n) is 14.7. The molecule has 1 N–H and O–H groups in total. The van der Waals surface area contributed by atoms with E-state index in [0.717, 1.165) is 17.3 Å². The highest BCUT2D eigenvalue weighted by atomic mass is 79.9. The summed E-state index contributed by atoms with van der Waals surface area (Å²) < 4.78 is 6.52. The van der Waals surface area contributed by atoms with Gasteiger partial charge in [-0.1, -0.05) is 67.9 Å². The Labute approximate surface area is 173 Å². The molecule has 26 heavy (non-hydrogen) atoms. The van der Waals surface area contributed by atoms with Crippen LogP contribution in [-0.4, -0.2) is 12.5 Å². The highest BCUT2D eigenvalue weighted by molar-refractivity contribution is 9.10. The quantitative estimate of drug-likeness (QED) is 0.398. The largest absolute Gasteiger partial charge is 0.490 e. The van der Waals surface area contributed by atoms with Crippen molar-refractivity contribution in [3.8, 4) is 5.75 Å². The summed E-state index contributed by atoms with van der Waals surface area (Å²) in [7, 11) is 0. The van der Waals surface area contributed by atoms with Gasteiger partial charge in [-0.15, -0.1) is 0 Å². The van der Waals surface area contributed by atoms with E-state index in [4.69, 9.17) is 27.9 Å². The number of ether oxygens (including phenoxy) is 1. The number of benzene rings is 2. The second kappa shape index (κ2) is 10.8. The lowest BCUT2D eigenvalue weighted by atomic mass is 10.1. The van der Waals surface area contributed by atoms with Crippen LogP contribution >= 0.6 is 39.1 Å². The van der Waals surface area contributed by atoms with Crippen LogP contribution in [0.15, 0.2) is 40.9 Å². The van der Waals surface area contributed by atoms with Crippen molar-refractivity contribution in [2.75, 3.05) is 11.9 Å². The van der Waals surface area contributed by atoms with Gasteiger partial charge in [-0.3, -0.25) is 4.79 Å². The lowest BCUT2D eigenvalue weighted by Crippen LogP contribution is -2.12. The average Bonchev–Trinajstić information content (AvgIpc) is 2.61. The Morgan fingerprint density at radius 1 is 1.08 bits per heavy atom. The van der Waals surface area contributed by atoms with Crippen molar-refractivity contribution in [2.45, 2.75) is 39.0 Å². The van der Waals surface area contributed by atoms with Crippen LogP contribution < -0.4 is 10.1 Å². The van der Waals surface area contributed by atoms with Gasteiger partial charge in [0.05, 0.1) is 22.3 Å². The Hall–Kier alpha value is -1.23. The van der Waals surface area contributed by atoms with E-state index < -0.39 is 0 Å². The molecule has 140 valence electrons. The number of para-hydroxylation sites is 1. The Balaban J connectivity index is 1.99. The topological polar surface area (TPSA) is 38.3 Å². The number of halogens is 3. The summed E-state index contributed by atoms with van der Waals surface area (Å²) in [4.78, 5) is 12.5. The number of carbonyl (C=O) groups is 1. The molecule has 0 aliphatic rings. The van der Waals surface area contributed by atoms with E-state index in [1.165, 1.54) is 19.3 Å². The lowest BCUT2D eigenvalue weighted by Gasteiger charge is -2.12. The van der Waals surface area contributed by atoms with E-state index in [1.54, 1.807) is 18.2 Å². The Morgan fingerprint density at radius 3 is 2.38 bits per heavy atom. The van der Waals surface area contributed by atoms with Crippen LogP contribution in [0.1, 0.15) is 49.4 Å². The molecule has 0 radical (unpaired) electrons. The zero-order valence-corrected chi connectivity index (χ0v) is 17.8. The van der Waals surface area contributed by atoms with Crippen molar-refractivity contribution < 1.29 is 9.53 Å². The summed E-state index contributed by atoms with van der Waals surface area (Å²) in [6, 6.07) is 10.5. The van der Waals surface area contributed by atoms with E-state index in [0.29, 0.717) is 33.7 Å².